The molecule has 1 fully saturated rings. The molecule has 0 aliphatic carbocycles. The standard InChI is InChI=1S/C10H13BrN2O2S/c1-7-12-5-9(16-7)10(14)13-2-3-15-8(4-11)6-13/h5,8H,2-4,6H2,1H3. The highest BCUT2D eigenvalue weighted by molar-refractivity contribution is 9.09. The molecule has 1 atom stereocenters. The van der Waals surface area contributed by atoms with Crippen molar-refractivity contribution in [2.24, 2.45) is 0 Å². The van der Waals surface area contributed by atoms with Gasteiger partial charge in [0.1, 0.15) is 4.88 Å². The van der Waals surface area contributed by atoms with Gasteiger partial charge >= 0.3 is 0 Å². The number of ether oxygens (including phenoxy) is 1. The van der Waals surface area contributed by atoms with Gasteiger partial charge in [0, 0.05) is 18.4 Å². The lowest BCUT2D eigenvalue weighted by Gasteiger charge is -2.31. The van der Waals surface area contributed by atoms with Gasteiger partial charge in [0.25, 0.3) is 5.91 Å². The number of hydrogen-bond donors (Lipinski definition) is 0. The maximum atomic E-state index is 12.1. The van der Waals surface area contributed by atoms with E-state index in [1.54, 1.807) is 6.20 Å². The Morgan fingerprint density at radius 2 is 2.62 bits per heavy atom. The monoisotopic (exact) mass is 304 g/mol. The van der Waals surface area contributed by atoms with Gasteiger partial charge in [-0.2, -0.15) is 0 Å². The summed E-state index contributed by atoms with van der Waals surface area (Å²) in [4.78, 5) is 18.8. The predicted octanol–water partition coefficient (Wildman–Crippen LogP) is 1.69. The van der Waals surface area contributed by atoms with Crippen molar-refractivity contribution in [3.8, 4) is 0 Å². The summed E-state index contributed by atoms with van der Waals surface area (Å²) in [6.45, 7) is 3.84. The number of nitrogens with zero attached hydrogens (tertiary/aromatic N) is 2. The van der Waals surface area contributed by atoms with Gasteiger partial charge in [0.15, 0.2) is 0 Å². The smallest absolute Gasteiger partial charge is 0.265 e. The van der Waals surface area contributed by atoms with Gasteiger partial charge in [0.05, 0.1) is 23.9 Å². The zero-order valence-corrected chi connectivity index (χ0v) is 11.4. The van der Waals surface area contributed by atoms with Crippen molar-refractivity contribution in [1.82, 2.24) is 9.88 Å². The van der Waals surface area contributed by atoms with E-state index < -0.39 is 0 Å². The third-order valence-electron chi connectivity index (χ3n) is 2.43. The number of halogens is 1. The Balaban J connectivity index is 2.04. The van der Waals surface area contributed by atoms with Crippen molar-refractivity contribution in [2.45, 2.75) is 13.0 Å². The third kappa shape index (κ3) is 2.61. The minimum absolute atomic E-state index is 0.0693. The van der Waals surface area contributed by atoms with Crippen molar-refractivity contribution >= 4 is 33.2 Å². The summed E-state index contributed by atoms with van der Waals surface area (Å²) >= 11 is 4.82. The summed E-state index contributed by atoms with van der Waals surface area (Å²) < 4.78 is 5.50. The summed E-state index contributed by atoms with van der Waals surface area (Å²) in [5, 5.41) is 1.69. The second kappa shape index (κ2) is 5.25. The van der Waals surface area contributed by atoms with Gasteiger partial charge in [-0.15, -0.1) is 11.3 Å². The maximum absolute atomic E-state index is 12.1. The number of morpholine rings is 1. The quantitative estimate of drug-likeness (QED) is 0.781. The van der Waals surface area contributed by atoms with Gasteiger partial charge in [0.2, 0.25) is 0 Å². The Morgan fingerprint density at radius 1 is 1.81 bits per heavy atom. The lowest BCUT2D eigenvalue weighted by Crippen LogP contribution is -2.46. The Morgan fingerprint density at radius 3 is 3.25 bits per heavy atom. The second-order valence-electron chi connectivity index (χ2n) is 3.64. The molecule has 2 rings (SSSR count). The lowest BCUT2D eigenvalue weighted by molar-refractivity contribution is -0.00946. The van der Waals surface area contributed by atoms with Crippen LogP contribution in [0.4, 0.5) is 0 Å². The molecule has 0 saturated carbocycles. The first kappa shape index (κ1) is 12.0. The molecule has 1 amide bonds. The van der Waals surface area contributed by atoms with E-state index in [9.17, 15) is 4.79 Å². The molecular weight excluding hydrogens is 292 g/mol. The second-order valence-corrected chi connectivity index (χ2v) is 5.52. The topological polar surface area (TPSA) is 42.4 Å². The van der Waals surface area contributed by atoms with Crippen molar-refractivity contribution < 1.29 is 9.53 Å². The molecule has 0 spiro atoms. The number of carbonyl (C=O) groups is 1. The average Bonchev–Trinajstić information content (AvgIpc) is 2.75. The van der Waals surface area contributed by atoms with E-state index in [1.807, 2.05) is 11.8 Å². The van der Waals surface area contributed by atoms with Crippen LogP contribution in [0.3, 0.4) is 0 Å². The summed E-state index contributed by atoms with van der Waals surface area (Å²) in [7, 11) is 0. The minimum atomic E-state index is 0.0693. The third-order valence-corrected chi connectivity index (χ3v) is 4.05. The molecule has 0 radical (unpaired) electrons. The van der Waals surface area contributed by atoms with Crippen LogP contribution in [-0.4, -0.2) is 46.9 Å². The molecule has 4 nitrogen and oxygen atoms in total. The van der Waals surface area contributed by atoms with Gasteiger partial charge in [-0.1, -0.05) is 15.9 Å². The molecule has 1 aliphatic rings. The molecule has 1 aliphatic heterocycles. The van der Waals surface area contributed by atoms with Crippen LogP contribution in [0, 0.1) is 6.92 Å². The van der Waals surface area contributed by atoms with Gasteiger partial charge in [-0.25, -0.2) is 4.98 Å². The van der Waals surface area contributed by atoms with E-state index in [-0.39, 0.29) is 12.0 Å². The number of amides is 1. The molecule has 1 aromatic heterocycles. The van der Waals surface area contributed by atoms with Crippen LogP contribution in [0.2, 0.25) is 0 Å². The summed E-state index contributed by atoms with van der Waals surface area (Å²) in [5.41, 5.74) is 0. The van der Waals surface area contributed by atoms with Crippen LogP contribution >= 0.6 is 27.3 Å². The molecule has 0 N–H and O–H groups in total. The summed E-state index contributed by atoms with van der Waals surface area (Å²) in [6, 6.07) is 0. The first-order valence-electron chi connectivity index (χ1n) is 5.10. The highest BCUT2D eigenvalue weighted by Crippen LogP contribution is 2.16. The summed E-state index contributed by atoms with van der Waals surface area (Å²) in [6.07, 6.45) is 1.76. The molecule has 0 aromatic carbocycles. The fourth-order valence-corrected chi connectivity index (χ4v) is 2.75. The van der Waals surface area contributed by atoms with Crippen molar-refractivity contribution in [3.63, 3.8) is 0 Å². The van der Waals surface area contributed by atoms with Gasteiger partial charge in [-0.05, 0) is 6.92 Å². The number of aryl methyl sites for hydroxylation is 1. The Hall–Kier alpha value is -0.460. The molecule has 88 valence electrons. The largest absolute Gasteiger partial charge is 0.374 e. The predicted molar refractivity (Wildman–Crippen MR) is 66.3 cm³/mol. The van der Waals surface area contributed by atoms with Crippen LogP contribution in [0.25, 0.3) is 0 Å². The van der Waals surface area contributed by atoms with Gasteiger partial charge in [-0.3, -0.25) is 4.79 Å². The Bertz CT molecular complexity index is 383. The molecular formula is C10H13BrN2O2S. The van der Waals surface area contributed by atoms with E-state index >= 15 is 0 Å². The Labute approximate surface area is 107 Å². The normalized spacial score (nSPS) is 21.1. The van der Waals surface area contributed by atoms with Crippen LogP contribution in [-0.2, 0) is 4.74 Å². The first-order valence-corrected chi connectivity index (χ1v) is 7.04. The highest BCUT2D eigenvalue weighted by Gasteiger charge is 2.25. The van der Waals surface area contributed by atoms with Crippen LogP contribution < -0.4 is 0 Å². The van der Waals surface area contributed by atoms with E-state index in [0.717, 1.165) is 10.3 Å². The minimum Gasteiger partial charge on any atom is -0.374 e. The fourth-order valence-electron chi connectivity index (χ4n) is 1.61. The Kier molecular flexibility index (Phi) is 3.94. The zero-order valence-electron chi connectivity index (χ0n) is 8.98. The molecule has 0 bridgehead atoms. The van der Waals surface area contributed by atoms with Crippen LogP contribution in [0.5, 0.6) is 0 Å². The zero-order chi connectivity index (χ0) is 11.5. The fraction of sp³-hybridized carbons (Fsp3) is 0.600. The number of carbonyl (C=O) groups excluding carboxylic acids is 1. The lowest BCUT2D eigenvalue weighted by atomic mass is 10.3. The van der Waals surface area contributed by atoms with Crippen molar-refractivity contribution in [3.05, 3.63) is 16.1 Å². The SMILES string of the molecule is Cc1ncc(C(=O)N2CCOC(CBr)C2)s1. The number of thiazole rings is 1. The van der Waals surface area contributed by atoms with Crippen molar-refractivity contribution in [1.29, 1.82) is 0 Å². The van der Waals surface area contributed by atoms with E-state index in [4.69, 9.17) is 4.74 Å². The molecule has 1 unspecified atom stereocenters. The molecule has 1 aromatic rings. The number of hydrogen-bond acceptors (Lipinski definition) is 4. The van der Waals surface area contributed by atoms with Crippen LogP contribution in [0.1, 0.15) is 14.7 Å². The molecule has 16 heavy (non-hydrogen) atoms. The van der Waals surface area contributed by atoms with E-state index in [0.29, 0.717) is 24.6 Å². The number of alkyl halides is 1. The molecule has 2 heterocycles. The average molecular weight is 305 g/mol. The highest BCUT2D eigenvalue weighted by atomic mass is 79.9. The van der Waals surface area contributed by atoms with E-state index in [1.165, 1.54) is 11.3 Å². The molecule has 1 saturated heterocycles. The molecule has 6 heteroatoms. The number of aromatic nitrogens is 1. The summed E-state index contributed by atoms with van der Waals surface area (Å²) in [5.74, 6) is 0.0693. The number of rotatable bonds is 2. The maximum Gasteiger partial charge on any atom is 0.265 e. The van der Waals surface area contributed by atoms with Crippen molar-refractivity contribution in [2.75, 3.05) is 25.0 Å². The van der Waals surface area contributed by atoms with E-state index in [2.05, 4.69) is 20.9 Å². The van der Waals surface area contributed by atoms with Crippen LogP contribution in [0.15, 0.2) is 6.20 Å². The first-order chi connectivity index (χ1) is 7.70. The van der Waals surface area contributed by atoms with Gasteiger partial charge < -0.3 is 9.64 Å².